The number of amides is 4. The van der Waals surface area contributed by atoms with Crippen molar-refractivity contribution in [2.75, 3.05) is 23.3 Å². The van der Waals surface area contributed by atoms with Crippen LogP contribution in [0.5, 0.6) is 0 Å². The standard InChI is InChI=1S/C22H24N4O5/c27-19(23-10-8-21(29)30)13-20(28)26-11-9-16-6-7-17(12-18(16)26)25-22(31)24-14-15-4-2-1-3-5-15/h1-7,12H,8-11,13-14H2,(H,23,27)(H,29,30)(H2,24,25,31). The molecule has 4 N–H and O–H groups in total. The lowest BCUT2D eigenvalue weighted by atomic mass is 10.1. The van der Waals surface area contributed by atoms with Crippen LogP contribution in [0.15, 0.2) is 48.5 Å². The summed E-state index contributed by atoms with van der Waals surface area (Å²) in [5.41, 5.74) is 3.12. The Hall–Kier alpha value is -3.88. The first kappa shape index (κ1) is 21.8. The molecule has 31 heavy (non-hydrogen) atoms. The maximum atomic E-state index is 12.6. The van der Waals surface area contributed by atoms with Crippen molar-refractivity contribution in [1.82, 2.24) is 10.6 Å². The zero-order valence-corrected chi connectivity index (χ0v) is 16.9. The van der Waals surface area contributed by atoms with Crippen LogP contribution in [0.4, 0.5) is 16.2 Å². The highest BCUT2D eigenvalue weighted by molar-refractivity contribution is 6.06. The van der Waals surface area contributed by atoms with E-state index in [0.717, 1.165) is 11.1 Å². The van der Waals surface area contributed by atoms with E-state index in [9.17, 15) is 19.2 Å². The second-order valence-corrected chi connectivity index (χ2v) is 7.10. The first-order valence-electron chi connectivity index (χ1n) is 9.93. The first-order chi connectivity index (χ1) is 14.9. The smallest absolute Gasteiger partial charge is 0.319 e. The highest BCUT2D eigenvalue weighted by atomic mass is 16.4. The van der Waals surface area contributed by atoms with Crippen molar-refractivity contribution in [2.24, 2.45) is 0 Å². The minimum atomic E-state index is -1.02. The van der Waals surface area contributed by atoms with E-state index in [-0.39, 0.29) is 31.3 Å². The number of hydrogen-bond donors (Lipinski definition) is 4. The Kier molecular flexibility index (Phi) is 7.21. The number of anilines is 2. The zero-order chi connectivity index (χ0) is 22.2. The number of urea groups is 1. The van der Waals surface area contributed by atoms with Crippen LogP contribution in [0.2, 0.25) is 0 Å². The molecule has 0 bridgehead atoms. The molecule has 162 valence electrons. The van der Waals surface area contributed by atoms with Crippen LogP contribution in [-0.2, 0) is 27.3 Å². The number of nitrogens with zero attached hydrogens (tertiary/aromatic N) is 1. The van der Waals surface area contributed by atoms with Crippen LogP contribution in [0.3, 0.4) is 0 Å². The molecular formula is C22H24N4O5. The van der Waals surface area contributed by atoms with Crippen LogP contribution < -0.4 is 20.9 Å². The van der Waals surface area contributed by atoms with Gasteiger partial charge >= 0.3 is 12.0 Å². The topological polar surface area (TPSA) is 128 Å². The molecule has 0 fully saturated rings. The molecule has 1 aliphatic rings. The van der Waals surface area contributed by atoms with E-state index in [1.807, 2.05) is 36.4 Å². The molecule has 1 aliphatic heterocycles. The van der Waals surface area contributed by atoms with Gasteiger partial charge in [-0.3, -0.25) is 14.4 Å². The van der Waals surface area contributed by atoms with Gasteiger partial charge < -0.3 is 26.0 Å². The number of carbonyl (C=O) groups excluding carboxylic acids is 3. The molecule has 0 unspecified atom stereocenters. The van der Waals surface area contributed by atoms with Gasteiger partial charge in [0.1, 0.15) is 6.42 Å². The van der Waals surface area contributed by atoms with Crippen molar-refractivity contribution in [2.45, 2.75) is 25.8 Å². The number of carboxylic acids is 1. The molecule has 0 saturated heterocycles. The van der Waals surface area contributed by atoms with Crippen molar-refractivity contribution in [3.8, 4) is 0 Å². The van der Waals surface area contributed by atoms with Gasteiger partial charge in [0.25, 0.3) is 0 Å². The molecule has 3 rings (SSSR count). The Morgan fingerprint density at radius 3 is 2.52 bits per heavy atom. The van der Waals surface area contributed by atoms with Crippen LogP contribution in [0.1, 0.15) is 24.0 Å². The van der Waals surface area contributed by atoms with Gasteiger partial charge in [-0.2, -0.15) is 0 Å². The zero-order valence-electron chi connectivity index (χ0n) is 16.9. The van der Waals surface area contributed by atoms with Crippen molar-refractivity contribution in [3.05, 3.63) is 59.7 Å². The molecule has 2 aromatic carbocycles. The predicted molar refractivity (Wildman–Crippen MR) is 115 cm³/mol. The number of fused-ring (bicyclic) bond motifs is 1. The molecule has 9 nitrogen and oxygen atoms in total. The predicted octanol–water partition coefficient (Wildman–Crippen LogP) is 1.88. The fraction of sp³-hybridized carbons (Fsp3) is 0.273. The number of carboxylic acid groups (broad SMARTS) is 1. The molecule has 9 heteroatoms. The average Bonchev–Trinajstić information content (AvgIpc) is 3.16. The minimum absolute atomic E-state index is 0.0236. The number of rotatable bonds is 8. The molecule has 4 amide bonds. The lowest BCUT2D eigenvalue weighted by Crippen LogP contribution is -2.35. The van der Waals surface area contributed by atoms with Crippen molar-refractivity contribution >= 4 is 35.2 Å². The maximum absolute atomic E-state index is 12.6. The largest absolute Gasteiger partial charge is 0.481 e. The molecule has 0 spiro atoms. The van der Waals surface area contributed by atoms with Gasteiger partial charge in [-0.25, -0.2) is 4.79 Å². The fourth-order valence-corrected chi connectivity index (χ4v) is 3.27. The summed E-state index contributed by atoms with van der Waals surface area (Å²) in [7, 11) is 0. The van der Waals surface area contributed by atoms with Gasteiger partial charge in [-0.15, -0.1) is 0 Å². The molecule has 1 heterocycles. The summed E-state index contributed by atoms with van der Waals surface area (Å²) in [6.07, 6.45) is 0.0876. The maximum Gasteiger partial charge on any atom is 0.319 e. The van der Waals surface area contributed by atoms with Gasteiger partial charge in [0.15, 0.2) is 0 Å². The van der Waals surface area contributed by atoms with Gasteiger partial charge in [-0.05, 0) is 29.7 Å². The van der Waals surface area contributed by atoms with Crippen LogP contribution in [-0.4, -0.2) is 42.0 Å². The Morgan fingerprint density at radius 1 is 1.00 bits per heavy atom. The van der Waals surface area contributed by atoms with Gasteiger partial charge in [0.05, 0.1) is 6.42 Å². The fourth-order valence-electron chi connectivity index (χ4n) is 3.27. The van der Waals surface area contributed by atoms with Gasteiger partial charge in [0, 0.05) is 31.0 Å². The molecular weight excluding hydrogens is 400 g/mol. The lowest BCUT2D eigenvalue weighted by Gasteiger charge is -2.18. The second-order valence-electron chi connectivity index (χ2n) is 7.10. The Balaban J connectivity index is 1.56. The van der Waals surface area contributed by atoms with Crippen molar-refractivity contribution in [1.29, 1.82) is 0 Å². The summed E-state index contributed by atoms with van der Waals surface area (Å²) in [5.74, 6) is -1.92. The van der Waals surface area contributed by atoms with Crippen molar-refractivity contribution < 1.29 is 24.3 Å². The van der Waals surface area contributed by atoms with Crippen LogP contribution >= 0.6 is 0 Å². The molecule has 0 radical (unpaired) electrons. The van der Waals surface area contributed by atoms with E-state index in [4.69, 9.17) is 5.11 Å². The SMILES string of the molecule is O=C(O)CCNC(=O)CC(=O)N1CCc2ccc(NC(=O)NCc3ccccc3)cc21. The van der Waals surface area contributed by atoms with Gasteiger partial charge in [0.2, 0.25) is 11.8 Å². The van der Waals surface area contributed by atoms with Crippen LogP contribution in [0.25, 0.3) is 0 Å². The summed E-state index contributed by atoms with van der Waals surface area (Å²) < 4.78 is 0. The van der Waals surface area contributed by atoms with E-state index >= 15 is 0 Å². The molecule has 2 aromatic rings. The molecule has 0 aliphatic carbocycles. The summed E-state index contributed by atoms with van der Waals surface area (Å²) in [4.78, 5) is 48.7. The van der Waals surface area contributed by atoms with E-state index in [1.54, 1.807) is 12.1 Å². The Labute approximate surface area is 179 Å². The first-order valence-corrected chi connectivity index (χ1v) is 9.93. The van der Waals surface area contributed by atoms with Crippen LogP contribution in [0, 0.1) is 0 Å². The number of aliphatic carboxylic acids is 1. The quantitative estimate of drug-likeness (QED) is 0.481. The van der Waals surface area contributed by atoms with Gasteiger partial charge in [-0.1, -0.05) is 36.4 Å². The molecule has 0 saturated carbocycles. The Morgan fingerprint density at radius 2 is 1.77 bits per heavy atom. The van der Waals surface area contributed by atoms with E-state index in [0.29, 0.717) is 30.9 Å². The summed E-state index contributed by atoms with van der Waals surface area (Å²) >= 11 is 0. The second kappa shape index (κ2) is 10.2. The van der Waals surface area contributed by atoms with E-state index < -0.39 is 11.9 Å². The van der Waals surface area contributed by atoms with E-state index in [1.165, 1.54) is 4.90 Å². The minimum Gasteiger partial charge on any atom is -0.481 e. The summed E-state index contributed by atoms with van der Waals surface area (Å²) in [6.45, 7) is 0.809. The average molecular weight is 424 g/mol. The third-order valence-corrected chi connectivity index (χ3v) is 4.81. The third-order valence-electron chi connectivity index (χ3n) is 4.81. The molecule has 0 aromatic heterocycles. The number of benzene rings is 2. The van der Waals surface area contributed by atoms with E-state index in [2.05, 4.69) is 16.0 Å². The summed E-state index contributed by atoms with van der Waals surface area (Å²) in [6, 6.07) is 14.5. The molecule has 0 atom stereocenters. The lowest BCUT2D eigenvalue weighted by molar-refractivity contribution is -0.136. The normalized spacial score (nSPS) is 12.1. The Bertz CT molecular complexity index is 977. The number of hydrogen-bond acceptors (Lipinski definition) is 4. The number of nitrogens with one attached hydrogen (secondary N) is 3. The monoisotopic (exact) mass is 424 g/mol. The van der Waals surface area contributed by atoms with Crippen molar-refractivity contribution in [3.63, 3.8) is 0 Å². The highest BCUT2D eigenvalue weighted by Gasteiger charge is 2.26. The highest BCUT2D eigenvalue weighted by Crippen LogP contribution is 2.31. The third kappa shape index (κ3) is 6.30. The number of carbonyl (C=O) groups is 4. The summed E-state index contributed by atoms with van der Waals surface area (Å²) in [5, 5.41) is 16.6.